The van der Waals surface area contributed by atoms with E-state index in [4.69, 9.17) is 37.4 Å². The maximum atomic E-state index is 12.4. The van der Waals surface area contributed by atoms with Gasteiger partial charge in [0.15, 0.2) is 11.5 Å². The SMILES string of the molecule is COc1cc(C(=O)NCc2ccc(Cl)c(Cl)c2)cc(OC)c1OC. The molecule has 2 rings (SSSR count). The summed E-state index contributed by atoms with van der Waals surface area (Å²) in [5.74, 6) is 0.981. The molecule has 0 radical (unpaired) electrons. The topological polar surface area (TPSA) is 56.8 Å². The van der Waals surface area contributed by atoms with Crippen molar-refractivity contribution < 1.29 is 19.0 Å². The Morgan fingerprint density at radius 1 is 0.958 bits per heavy atom. The Morgan fingerprint density at radius 3 is 2.08 bits per heavy atom. The molecule has 0 bridgehead atoms. The van der Waals surface area contributed by atoms with E-state index in [0.29, 0.717) is 39.4 Å². The molecular formula is C17H17Cl2NO4. The van der Waals surface area contributed by atoms with Gasteiger partial charge in [-0.2, -0.15) is 0 Å². The standard InChI is InChI=1S/C17H17Cl2NO4/c1-22-14-7-11(8-15(23-2)16(14)24-3)17(21)20-9-10-4-5-12(18)13(19)6-10/h4-8H,9H2,1-3H3,(H,20,21). The van der Waals surface area contributed by atoms with Crippen LogP contribution in [0, 0.1) is 0 Å². The first-order valence-corrected chi connectivity index (χ1v) is 7.77. The number of ether oxygens (including phenoxy) is 3. The van der Waals surface area contributed by atoms with E-state index in [0.717, 1.165) is 5.56 Å². The fourth-order valence-corrected chi connectivity index (χ4v) is 2.47. The summed E-state index contributed by atoms with van der Waals surface area (Å²) in [5.41, 5.74) is 1.23. The maximum Gasteiger partial charge on any atom is 0.251 e. The van der Waals surface area contributed by atoms with Crippen LogP contribution in [0.2, 0.25) is 10.0 Å². The molecule has 0 aliphatic heterocycles. The largest absolute Gasteiger partial charge is 0.493 e. The van der Waals surface area contributed by atoms with Gasteiger partial charge in [0.1, 0.15) is 0 Å². The maximum absolute atomic E-state index is 12.4. The summed E-state index contributed by atoms with van der Waals surface area (Å²) < 4.78 is 15.7. The van der Waals surface area contributed by atoms with Gasteiger partial charge in [-0.15, -0.1) is 0 Å². The summed E-state index contributed by atoms with van der Waals surface area (Å²) in [6.07, 6.45) is 0. The Balaban J connectivity index is 2.18. The molecule has 0 unspecified atom stereocenters. The zero-order chi connectivity index (χ0) is 17.7. The highest BCUT2D eigenvalue weighted by atomic mass is 35.5. The van der Waals surface area contributed by atoms with E-state index in [1.807, 2.05) is 0 Å². The molecule has 0 aliphatic carbocycles. The minimum Gasteiger partial charge on any atom is -0.493 e. The van der Waals surface area contributed by atoms with Gasteiger partial charge in [-0.1, -0.05) is 29.3 Å². The van der Waals surface area contributed by atoms with Crippen LogP contribution in [0.25, 0.3) is 0 Å². The van der Waals surface area contributed by atoms with E-state index < -0.39 is 0 Å². The molecular weight excluding hydrogens is 353 g/mol. The van der Waals surface area contributed by atoms with Crippen LogP contribution in [0.1, 0.15) is 15.9 Å². The molecule has 0 aliphatic rings. The van der Waals surface area contributed by atoms with Gasteiger partial charge in [-0.05, 0) is 29.8 Å². The summed E-state index contributed by atoms with van der Waals surface area (Å²) in [7, 11) is 4.49. The van der Waals surface area contributed by atoms with Crippen molar-refractivity contribution in [3.8, 4) is 17.2 Å². The monoisotopic (exact) mass is 369 g/mol. The van der Waals surface area contributed by atoms with Crippen molar-refractivity contribution in [3.05, 3.63) is 51.5 Å². The van der Waals surface area contributed by atoms with Gasteiger partial charge in [-0.3, -0.25) is 4.79 Å². The highest BCUT2D eigenvalue weighted by molar-refractivity contribution is 6.42. The van der Waals surface area contributed by atoms with Gasteiger partial charge >= 0.3 is 0 Å². The van der Waals surface area contributed by atoms with E-state index in [1.165, 1.54) is 21.3 Å². The van der Waals surface area contributed by atoms with Crippen LogP contribution in [0.5, 0.6) is 17.2 Å². The second kappa shape index (κ2) is 8.13. The number of amides is 1. The molecule has 24 heavy (non-hydrogen) atoms. The zero-order valence-electron chi connectivity index (χ0n) is 13.5. The minimum atomic E-state index is -0.277. The summed E-state index contributed by atoms with van der Waals surface area (Å²) in [5, 5.41) is 3.72. The first-order valence-electron chi connectivity index (χ1n) is 7.02. The third-order valence-corrected chi connectivity index (χ3v) is 4.10. The highest BCUT2D eigenvalue weighted by Crippen LogP contribution is 2.38. The third-order valence-electron chi connectivity index (χ3n) is 3.36. The lowest BCUT2D eigenvalue weighted by molar-refractivity contribution is 0.0950. The molecule has 2 aromatic rings. The van der Waals surface area contributed by atoms with E-state index in [9.17, 15) is 4.79 Å². The molecule has 5 nitrogen and oxygen atoms in total. The molecule has 0 saturated heterocycles. The summed E-state index contributed by atoms with van der Waals surface area (Å²) >= 11 is 11.8. The molecule has 2 aromatic carbocycles. The van der Waals surface area contributed by atoms with Crippen LogP contribution >= 0.6 is 23.2 Å². The summed E-state index contributed by atoms with van der Waals surface area (Å²) in [6.45, 7) is 0.312. The van der Waals surface area contributed by atoms with E-state index in [1.54, 1.807) is 30.3 Å². The molecule has 0 fully saturated rings. The zero-order valence-corrected chi connectivity index (χ0v) is 15.0. The van der Waals surface area contributed by atoms with Crippen LogP contribution in [0.4, 0.5) is 0 Å². The second-order valence-corrected chi connectivity index (χ2v) is 5.66. The molecule has 1 N–H and O–H groups in total. The molecule has 0 aromatic heterocycles. The van der Waals surface area contributed by atoms with Crippen LogP contribution in [0.3, 0.4) is 0 Å². The first-order chi connectivity index (χ1) is 11.5. The van der Waals surface area contributed by atoms with Crippen molar-refractivity contribution in [1.82, 2.24) is 5.32 Å². The van der Waals surface area contributed by atoms with Crippen molar-refractivity contribution in [2.24, 2.45) is 0 Å². The molecule has 0 saturated carbocycles. The second-order valence-electron chi connectivity index (χ2n) is 4.85. The number of halogens is 2. The fraction of sp³-hybridized carbons (Fsp3) is 0.235. The van der Waals surface area contributed by atoms with Crippen LogP contribution in [-0.2, 0) is 6.54 Å². The Hall–Kier alpha value is -2.11. The van der Waals surface area contributed by atoms with Crippen molar-refractivity contribution in [2.75, 3.05) is 21.3 Å². The quantitative estimate of drug-likeness (QED) is 0.837. The number of hydrogen-bond acceptors (Lipinski definition) is 4. The molecule has 7 heteroatoms. The number of rotatable bonds is 6. The van der Waals surface area contributed by atoms with Gasteiger partial charge in [-0.25, -0.2) is 0 Å². The van der Waals surface area contributed by atoms with Crippen molar-refractivity contribution in [2.45, 2.75) is 6.54 Å². The molecule has 0 atom stereocenters. The van der Waals surface area contributed by atoms with Gasteiger partial charge < -0.3 is 19.5 Å². The lowest BCUT2D eigenvalue weighted by atomic mass is 10.1. The molecule has 0 heterocycles. The Kier molecular flexibility index (Phi) is 6.17. The van der Waals surface area contributed by atoms with Crippen molar-refractivity contribution in [3.63, 3.8) is 0 Å². The molecule has 1 amide bonds. The minimum absolute atomic E-state index is 0.277. The number of nitrogens with one attached hydrogen (secondary N) is 1. The fourth-order valence-electron chi connectivity index (χ4n) is 2.15. The average molecular weight is 370 g/mol. The van der Waals surface area contributed by atoms with E-state index in [-0.39, 0.29) is 5.91 Å². The van der Waals surface area contributed by atoms with Crippen LogP contribution in [0.15, 0.2) is 30.3 Å². The first kappa shape index (κ1) is 18.2. The van der Waals surface area contributed by atoms with Gasteiger partial charge in [0.2, 0.25) is 5.75 Å². The van der Waals surface area contributed by atoms with Crippen LogP contribution < -0.4 is 19.5 Å². The third kappa shape index (κ3) is 4.04. The normalized spacial score (nSPS) is 10.2. The van der Waals surface area contributed by atoms with E-state index in [2.05, 4.69) is 5.32 Å². The predicted octanol–water partition coefficient (Wildman–Crippen LogP) is 3.95. The number of hydrogen-bond donors (Lipinski definition) is 1. The van der Waals surface area contributed by atoms with Crippen molar-refractivity contribution in [1.29, 1.82) is 0 Å². The smallest absolute Gasteiger partial charge is 0.251 e. The van der Waals surface area contributed by atoms with Crippen molar-refractivity contribution >= 4 is 29.1 Å². The number of methoxy groups -OCH3 is 3. The number of benzene rings is 2. The van der Waals surface area contributed by atoms with Crippen LogP contribution in [-0.4, -0.2) is 27.2 Å². The lowest BCUT2D eigenvalue weighted by Crippen LogP contribution is -2.23. The predicted molar refractivity (Wildman–Crippen MR) is 93.7 cm³/mol. The average Bonchev–Trinajstić information content (AvgIpc) is 2.60. The molecule has 128 valence electrons. The van der Waals surface area contributed by atoms with E-state index >= 15 is 0 Å². The summed E-state index contributed by atoms with van der Waals surface area (Å²) in [4.78, 5) is 12.4. The molecule has 0 spiro atoms. The highest BCUT2D eigenvalue weighted by Gasteiger charge is 2.16. The van der Waals surface area contributed by atoms with Gasteiger partial charge in [0, 0.05) is 12.1 Å². The number of carbonyl (C=O) groups is 1. The Labute approximate surface area is 150 Å². The number of carbonyl (C=O) groups excluding carboxylic acids is 1. The summed E-state index contributed by atoms with van der Waals surface area (Å²) in [6, 6.07) is 8.37. The van der Waals surface area contributed by atoms with Gasteiger partial charge in [0.25, 0.3) is 5.91 Å². The Bertz CT molecular complexity index is 724. The Morgan fingerprint density at radius 2 is 1.58 bits per heavy atom. The van der Waals surface area contributed by atoms with Gasteiger partial charge in [0.05, 0.1) is 31.4 Å². The lowest BCUT2D eigenvalue weighted by Gasteiger charge is -2.14.